The molecule has 0 atom stereocenters. The summed E-state index contributed by atoms with van der Waals surface area (Å²) in [7, 11) is 0. The Balaban J connectivity index is 1.46. The monoisotopic (exact) mass is 524 g/mol. The van der Waals surface area contributed by atoms with Crippen molar-refractivity contribution in [3.05, 3.63) is 47.4 Å². The molecule has 0 radical (unpaired) electrons. The topological polar surface area (TPSA) is 69.0 Å². The Kier molecular flexibility index (Phi) is 8.73. The summed E-state index contributed by atoms with van der Waals surface area (Å²) in [4.78, 5) is 17.1. The summed E-state index contributed by atoms with van der Waals surface area (Å²) in [5.74, 6) is -0.0637. The molecule has 0 unspecified atom stereocenters. The Hall–Kier alpha value is -2.79. The molecule has 194 valence electrons. The predicted octanol–water partition coefficient (Wildman–Crippen LogP) is 5.63. The van der Waals surface area contributed by atoms with Crippen LogP contribution in [0.25, 0.3) is 21.8 Å². The number of carbonyl (C=O) groups is 1. The lowest BCUT2D eigenvalue weighted by molar-refractivity contribution is -0.135. The lowest BCUT2D eigenvalue weighted by Crippen LogP contribution is -2.33. The third-order valence-electron chi connectivity index (χ3n) is 6.09. The number of ether oxygens (including phenoxy) is 1. The maximum atomic E-state index is 13.5. The fourth-order valence-electron chi connectivity index (χ4n) is 4.16. The molecule has 1 amide bonds. The molecule has 6 nitrogen and oxygen atoms in total. The van der Waals surface area contributed by atoms with E-state index in [9.17, 15) is 22.4 Å². The molecule has 36 heavy (non-hydrogen) atoms. The minimum absolute atomic E-state index is 0.00799. The van der Waals surface area contributed by atoms with Gasteiger partial charge in [0.05, 0.1) is 29.6 Å². The van der Waals surface area contributed by atoms with Gasteiger partial charge in [0.15, 0.2) is 0 Å². The van der Waals surface area contributed by atoms with Crippen LogP contribution in [-0.4, -0.2) is 46.6 Å². The number of unbranched alkanes of at least 4 members (excludes halogenated alkanes) is 1. The Morgan fingerprint density at radius 1 is 1.17 bits per heavy atom. The van der Waals surface area contributed by atoms with Gasteiger partial charge in [-0.05, 0) is 55.9 Å². The molecule has 1 saturated heterocycles. The zero-order chi connectivity index (χ0) is 25.5. The Morgan fingerprint density at radius 2 is 1.92 bits per heavy atom. The zero-order valence-electron chi connectivity index (χ0n) is 19.7. The highest BCUT2D eigenvalue weighted by Gasteiger charge is 2.26. The molecule has 0 spiro atoms. The molecule has 1 aromatic carbocycles. The van der Waals surface area contributed by atoms with Crippen LogP contribution in [0.15, 0.2) is 35.8 Å². The van der Waals surface area contributed by atoms with Crippen LogP contribution in [0.5, 0.6) is 0 Å². The first-order chi connectivity index (χ1) is 17.3. The molecule has 1 N–H and O–H groups in total. The van der Waals surface area contributed by atoms with Gasteiger partial charge in [-0.25, -0.2) is 9.37 Å². The SMILES string of the molecule is O=C(Cc1csc(-c2cnn(CCCCC(F)(F)F)c2-c2ccc(F)cc2)n1)NCC1CCOCC1. The van der Waals surface area contributed by atoms with E-state index in [0.717, 1.165) is 26.1 Å². The van der Waals surface area contributed by atoms with Crippen molar-refractivity contribution >= 4 is 17.2 Å². The summed E-state index contributed by atoms with van der Waals surface area (Å²) in [6.45, 7) is 2.36. The molecular weight excluding hydrogens is 496 g/mol. The van der Waals surface area contributed by atoms with Gasteiger partial charge in [-0.2, -0.15) is 18.3 Å². The van der Waals surface area contributed by atoms with Crippen molar-refractivity contribution in [3.63, 3.8) is 0 Å². The van der Waals surface area contributed by atoms with Gasteiger partial charge in [0.25, 0.3) is 0 Å². The van der Waals surface area contributed by atoms with E-state index in [1.807, 2.05) is 5.38 Å². The van der Waals surface area contributed by atoms with Crippen LogP contribution in [0, 0.1) is 11.7 Å². The number of nitrogens with one attached hydrogen (secondary N) is 1. The average molecular weight is 525 g/mol. The number of aromatic nitrogens is 3. The third kappa shape index (κ3) is 7.36. The molecule has 0 aliphatic carbocycles. The Morgan fingerprint density at radius 3 is 2.64 bits per heavy atom. The molecule has 11 heteroatoms. The summed E-state index contributed by atoms with van der Waals surface area (Å²) < 4.78 is 58.1. The fourth-order valence-corrected chi connectivity index (χ4v) is 4.99. The first kappa shape index (κ1) is 26.3. The van der Waals surface area contributed by atoms with Crippen molar-refractivity contribution < 1.29 is 27.1 Å². The summed E-state index contributed by atoms with van der Waals surface area (Å²) in [5.41, 5.74) is 2.66. The van der Waals surface area contributed by atoms with Gasteiger partial charge in [0, 0.05) is 43.7 Å². The van der Waals surface area contributed by atoms with Crippen molar-refractivity contribution in [2.45, 2.75) is 51.2 Å². The molecule has 1 fully saturated rings. The largest absolute Gasteiger partial charge is 0.389 e. The highest BCUT2D eigenvalue weighted by molar-refractivity contribution is 7.13. The van der Waals surface area contributed by atoms with Crippen LogP contribution < -0.4 is 5.32 Å². The molecule has 0 saturated carbocycles. The highest BCUT2D eigenvalue weighted by atomic mass is 32.1. The zero-order valence-corrected chi connectivity index (χ0v) is 20.5. The standard InChI is InChI=1S/C25H28F4N4O2S/c26-19-5-3-18(4-6-19)23-21(15-31-33(23)10-2-1-9-25(27,28)29)24-32-20(16-36-24)13-22(34)30-14-17-7-11-35-12-8-17/h3-6,15-17H,1-2,7-14H2,(H,30,34). The van der Waals surface area contributed by atoms with Crippen LogP contribution in [0.2, 0.25) is 0 Å². The number of aryl methyl sites for hydroxylation is 1. The number of alkyl halides is 3. The van der Waals surface area contributed by atoms with Crippen LogP contribution in [-0.2, 0) is 22.5 Å². The van der Waals surface area contributed by atoms with Gasteiger partial charge >= 0.3 is 6.18 Å². The number of hydrogen-bond acceptors (Lipinski definition) is 5. The number of halogens is 4. The lowest BCUT2D eigenvalue weighted by Gasteiger charge is -2.22. The Bertz CT molecular complexity index is 1140. The van der Waals surface area contributed by atoms with Gasteiger partial charge in [-0.3, -0.25) is 9.48 Å². The molecule has 2 aromatic heterocycles. The number of hydrogen-bond donors (Lipinski definition) is 1. The summed E-state index contributed by atoms with van der Waals surface area (Å²) in [6, 6.07) is 5.88. The molecule has 1 aliphatic heterocycles. The van der Waals surface area contributed by atoms with Crippen molar-refractivity contribution in [1.29, 1.82) is 0 Å². The summed E-state index contributed by atoms with van der Waals surface area (Å²) in [5, 5.41) is 9.83. The van der Waals surface area contributed by atoms with Crippen molar-refractivity contribution in [3.8, 4) is 21.8 Å². The van der Waals surface area contributed by atoms with E-state index in [-0.39, 0.29) is 31.1 Å². The van der Waals surface area contributed by atoms with Crippen LogP contribution in [0.3, 0.4) is 0 Å². The molecule has 4 rings (SSSR count). The minimum atomic E-state index is -4.19. The normalized spacial score (nSPS) is 14.8. The van der Waals surface area contributed by atoms with E-state index in [0.29, 0.717) is 46.4 Å². The van der Waals surface area contributed by atoms with E-state index in [4.69, 9.17) is 4.74 Å². The van der Waals surface area contributed by atoms with Gasteiger partial charge in [-0.1, -0.05) is 0 Å². The highest BCUT2D eigenvalue weighted by Crippen LogP contribution is 2.34. The average Bonchev–Trinajstić information content (AvgIpc) is 3.48. The summed E-state index contributed by atoms with van der Waals surface area (Å²) >= 11 is 1.36. The fraction of sp³-hybridized carbons (Fsp3) is 0.480. The van der Waals surface area contributed by atoms with E-state index < -0.39 is 12.6 Å². The van der Waals surface area contributed by atoms with Crippen LogP contribution in [0.4, 0.5) is 17.6 Å². The van der Waals surface area contributed by atoms with Crippen LogP contribution >= 0.6 is 11.3 Å². The summed E-state index contributed by atoms with van der Waals surface area (Å²) in [6.07, 6.45) is -1.10. The van der Waals surface area contributed by atoms with Gasteiger partial charge in [-0.15, -0.1) is 11.3 Å². The second-order valence-electron chi connectivity index (χ2n) is 8.89. The van der Waals surface area contributed by atoms with Crippen molar-refractivity contribution in [2.75, 3.05) is 19.8 Å². The van der Waals surface area contributed by atoms with Gasteiger partial charge in [0.2, 0.25) is 5.91 Å². The number of rotatable bonds is 10. The molecular formula is C25H28F4N4O2S. The Labute approximate surface area is 210 Å². The lowest BCUT2D eigenvalue weighted by atomic mass is 10.0. The van der Waals surface area contributed by atoms with E-state index >= 15 is 0 Å². The van der Waals surface area contributed by atoms with E-state index in [1.165, 1.54) is 23.5 Å². The number of nitrogens with zero attached hydrogens (tertiary/aromatic N) is 3. The number of thiazole rings is 1. The second kappa shape index (κ2) is 12.0. The number of amides is 1. The maximum absolute atomic E-state index is 13.5. The smallest absolute Gasteiger partial charge is 0.381 e. The van der Waals surface area contributed by atoms with Crippen molar-refractivity contribution in [2.24, 2.45) is 5.92 Å². The second-order valence-corrected chi connectivity index (χ2v) is 9.75. The third-order valence-corrected chi connectivity index (χ3v) is 7.01. The minimum Gasteiger partial charge on any atom is -0.381 e. The number of carbonyl (C=O) groups excluding carboxylic acids is 1. The van der Waals surface area contributed by atoms with E-state index in [2.05, 4.69) is 15.4 Å². The number of benzene rings is 1. The van der Waals surface area contributed by atoms with Gasteiger partial charge in [0.1, 0.15) is 10.8 Å². The van der Waals surface area contributed by atoms with Gasteiger partial charge < -0.3 is 10.1 Å². The predicted molar refractivity (Wildman–Crippen MR) is 129 cm³/mol. The van der Waals surface area contributed by atoms with Crippen LogP contribution in [0.1, 0.15) is 37.8 Å². The van der Waals surface area contributed by atoms with Crippen molar-refractivity contribution in [1.82, 2.24) is 20.1 Å². The van der Waals surface area contributed by atoms with E-state index in [1.54, 1.807) is 23.0 Å². The first-order valence-electron chi connectivity index (χ1n) is 12.0. The molecule has 3 aromatic rings. The quantitative estimate of drug-likeness (QED) is 0.276. The molecule has 3 heterocycles. The molecule has 0 bridgehead atoms. The first-order valence-corrected chi connectivity index (χ1v) is 12.8. The molecule has 1 aliphatic rings. The maximum Gasteiger partial charge on any atom is 0.389 e.